The van der Waals surface area contributed by atoms with E-state index >= 15 is 0 Å². The molecule has 5 nitrogen and oxygen atoms in total. The summed E-state index contributed by atoms with van der Waals surface area (Å²) in [6.07, 6.45) is 1.01. The molecule has 6 heteroatoms. The highest BCUT2D eigenvalue weighted by molar-refractivity contribution is 7.92. The van der Waals surface area contributed by atoms with Crippen LogP contribution in [0.1, 0.15) is 18.1 Å². The normalized spacial score (nSPS) is 13.1. The zero-order valence-electron chi connectivity index (χ0n) is 10.8. The summed E-state index contributed by atoms with van der Waals surface area (Å²) in [5.41, 5.74) is 2.09. The summed E-state index contributed by atoms with van der Waals surface area (Å²) in [6, 6.07) is 4.04. The van der Waals surface area contributed by atoms with Crippen LogP contribution in [0.15, 0.2) is 18.2 Å². The third kappa shape index (κ3) is 2.81. The highest BCUT2D eigenvalue weighted by atomic mass is 32.2. The summed E-state index contributed by atoms with van der Waals surface area (Å²) in [5, 5.41) is 9.03. The monoisotopic (exact) mass is 271 g/mol. The highest BCUT2D eigenvalue weighted by Gasteiger charge is 2.29. The average molecular weight is 271 g/mol. The van der Waals surface area contributed by atoms with Crippen LogP contribution in [-0.4, -0.2) is 31.8 Å². The van der Waals surface area contributed by atoms with E-state index in [9.17, 15) is 13.2 Å². The van der Waals surface area contributed by atoms with Crippen LogP contribution in [0.4, 0.5) is 5.69 Å². The van der Waals surface area contributed by atoms with Crippen molar-refractivity contribution in [2.45, 2.75) is 26.8 Å². The molecule has 0 amide bonds. The van der Waals surface area contributed by atoms with Crippen molar-refractivity contribution in [2.75, 3.05) is 10.6 Å². The van der Waals surface area contributed by atoms with Gasteiger partial charge in [0.25, 0.3) is 0 Å². The fourth-order valence-corrected chi connectivity index (χ4v) is 2.97. The molecule has 1 aromatic carbocycles. The quantitative estimate of drug-likeness (QED) is 0.901. The molecular formula is C12H17NO4S. The van der Waals surface area contributed by atoms with Gasteiger partial charge in [0.2, 0.25) is 10.0 Å². The highest BCUT2D eigenvalue weighted by Crippen LogP contribution is 2.26. The number of rotatable bonds is 4. The van der Waals surface area contributed by atoms with Crippen LogP contribution in [0.25, 0.3) is 0 Å². The number of carboxylic acid groups (broad SMARTS) is 1. The molecule has 1 N–H and O–H groups in total. The molecule has 18 heavy (non-hydrogen) atoms. The number of benzene rings is 1. The van der Waals surface area contributed by atoms with E-state index in [4.69, 9.17) is 5.11 Å². The third-order valence-corrected chi connectivity index (χ3v) is 4.11. The van der Waals surface area contributed by atoms with Crippen molar-refractivity contribution in [1.82, 2.24) is 0 Å². The van der Waals surface area contributed by atoms with E-state index in [1.807, 2.05) is 13.0 Å². The first-order valence-electron chi connectivity index (χ1n) is 5.44. The Bertz CT molecular complexity index is 565. The van der Waals surface area contributed by atoms with Gasteiger partial charge in [-0.05, 0) is 38.0 Å². The van der Waals surface area contributed by atoms with Crippen LogP contribution in [0.5, 0.6) is 0 Å². The van der Waals surface area contributed by atoms with Crippen LogP contribution in [-0.2, 0) is 14.8 Å². The molecule has 0 bridgehead atoms. The van der Waals surface area contributed by atoms with E-state index in [2.05, 4.69) is 0 Å². The minimum absolute atomic E-state index is 0.410. The molecule has 1 unspecified atom stereocenters. The number of sulfonamides is 1. The van der Waals surface area contributed by atoms with E-state index in [1.165, 1.54) is 6.92 Å². The number of anilines is 1. The molecule has 0 fully saturated rings. The number of hydrogen-bond donors (Lipinski definition) is 1. The first-order valence-corrected chi connectivity index (χ1v) is 7.29. The van der Waals surface area contributed by atoms with Crippen LogP contribution in [0.3, 0.4) is 0 Å². The second kappa shape index (κ2) is 4.97. The lowest BCUT2D eigenvalue weighted by atomic mass is 10.1. The maximum atomic E-state index is 11.8. The molecule has 0 radical (unpaired) electrons. The predicted molar refractivity (Wildman–Crippen MR) is 70.3 cm³/mol. The van der Waals surface area contributed by atoms with Gasteiger partial charge in [-0.15, -0.1) is 0 Å². The van der Waals surface area contributed by atoms with Crippen molar-refractivity contribution in [2.24, 2.45) is 0 Å². The molecule has 100 valence electrons. The van der Waals surface area contributed by atoms with Gasteiger partial charge in [0.1, 0.15) is 6.04 Å². The van der Waals surface area contributed by atoms with E-state index in [0.29, 0.717) is 5.69 Å². The third-order valence-electron chi connectivity index (χ3n) is 2.88. The van der Waals surface area contributed by atoms with E-state index in [1.54, 1.807) is 19.1 Å². The van der Waals surface area contributed by atoms with Crippen molar-refractivity contribution in [1.29, 1.82) is 0 Å². The Kier molecular flexibility index (Phi) is 4.01. The van der Waals surface area contributed by atoms with Gasteiger partial charge in [-0.1, -0.05) is 12.1 Å². The molecule has 1 aromatic rings. The van der Waals surface area contributed by atoms with Gasteiger partial charge in [-0.3, -0.25) is 4.31 Å². The summed E-state index contributed by atoms with van der Waals surface area (Å²) in [5.74, 6) is -1.18. The summed E-state index contributed by atoms with van der Waals surface area (Å²) in [4.78, 5) is 11.1. The maximum Gasteiger partial charge on any atom is 0.327 e. The fourth-order valence-electron chi connectivity index (χ4n) is 1.75. The largest absolute Gasteiger partial charge is 0.480 e. The first-order chi connectivity index (χ1) is 8.16. The zero-order chi connectivity index (χ0) is 14.1. The van der Waals surface area contributed by atoms with Crippen molar-refractivity contribution in [3.63, 3.8) is 0 Å². The van der Waals surface area contributed by atoms with Gasteiger partial charge in [-0.2, -0.15) is 0 Å². The van der Waals surface area contributed by atoms with Crippen LogP contribution in [0.2, 0.25) is 0 Å². The number of carbonyl (C=O) groups is 1. The Morgan fingerprint density at radius 3 is 2.33 bits per heavy atom. The molecule has 0 spiro atoms. The van der Waals surface area contributed by atoms with Gasteiger partial charge in [0, 0.05) is 0 Å². The van der Waals surface area contributed by atoms with Gasteiger partial charge in [0.05, 0.1) is 11.9 Å². The summed E-state index contributed by atoms with van der Waals surface area (Å²) >= 11 is 0. The molecule has 0 saturated heterocycles. The van der Waals surface area contributed by atoms with Crippen LogP contribution in [0, 0.1) is 13.8 Å². The molecule has 0 heterocycles. The van der Waals surface area contributed by atoms with Gasteiger partial charge >= 0.3 is 5.97 Å². The maximum absolute atomic E-state index is 11.8. The zero-order valence-corrected chi connectivity index (χ0v) is 11.7. The summed E-state index contributed by atoms with van der Waals surface area (Å²) < 4.78 is 24.5. The number of aliphatic carboxylic acids is 1. The van der Waals surface area contributed by atoms with Crippen molar-refractivity contribution < 1.29 is 18.3 Å². The summed E-state index contributed by atoms with van der Waals surface area (Å²) in [6.45, 7) is 4.98. The molecule has 0 aliphatic carbocycles. The summed E-state index contributed by atoms with van der Waals surface area (Å²) in [7, 11) is -3.65. The first kappa shape index (κ1) is 14.5. The second-order valence-corrected chi connectivity index (χ2v) is 6.15. The Balaban J connectivity index is 3.46. The van der Waals surface area contributed by atoms with E-state index < -0.39 is 22.0 Å². The van der Waals surface area contributed by atoms with Crippen LogP contribution < -0.4 is 4.31 Å². The molecular weight excluding hydrogens is 254 g/mol. The SMILES string of the molecule is Cc1cccc(N(C(C)C(=O)O)S(C)(=O)=O)c1C. The molecule has 0 saturated carbocycles. The molecule has 0 aromatic heterocycles. The van der Waals surface area contributed by atoms with Crippen molar-refractivity contribution in [3.8, 4) is 0 Å². The average Bonchev–Trinajstić information content (AvgIpc) is 2.22. The standard InChI is InChI=1S/C12H17NO4S/c1-8-6-5-7-11(9(8)2)13(18(4,16)17)10(3)12(14)15/h5-7,10H,1-4H3,(H,14,15). The molecule has 0 aliphatic rings. The Morgan fingerprint density at radius 2 is 1.89 bits per heavy atom. The minimum atomic E-state index is -3.65. The number of hydrogen-bond acceptors (Lipinski definition) is 3. The fraction of sp³-hybridized carbons (Fsp3) is 0.417. The Hall–Kier alpha value is -1.56. The Morgan fingerprint density at radius 1 is 1.33 bits per heavy atom. The second-order valence-electron chi connectivity index (χ2n) is 4.29. The molecule has 1 rings (SSSR count). The van der Waals surface area contributed by atoms with Gasteiger partial charge in [0.15, 0.2) is 0 Å². The lowest BCUT2D eigenvalue weighted by molar-refractivity contribution is -0.137. The van der Waals surface area contributed by atoms with Crippen molar-refractivity contribution >= 4 is 21.7 Å². The predicted octanol–water partition coefficient (Wildman–Crippen LogP) is 1.54. The Labute approximate surface area is 107 Å². The lowest BCUT2D eigenvalue weighted by Crippen LogP contribution is -2.43. The van der Waals surface area contributed by atoms with Gasteiger partial charge in [-0.25, -0.2) is 13.2 Å². The molecule has 0 aliphatic heterocycles. The smallest absolute Gasteiger partial charge is 0.327 e. The van der Waals surface area contributed by atoms with E-state index in [0.717, 1.165) is 21.7 Å². The minimum Gasteiger partial charge on any atom is -0.480 e. The molecule has 1 atom stereocenters. The number of carboxylic acids is 1. The number of nitrogens with zero attached hydrogens (tertiary/aromatic N) is 1. The van der Waals surface area contributed by atoms with E-state index in [-0.39, 0.29) is 0 Å². The lowest BCUT2D eigenvalue weighted by Gasteiger charge is -2.28. The number of aryl methyl sites for hydroxylation is 1. The topological polar surface area (TPSA) is 74.7 Å². The van der Waals surface area contributed by atoms with Gasteiger partial charge < -0.3 is 5.11 Å². The van der Waals surface area contributed by atoms with Crippen LogP contribution >= 0.6 is 0 Å². The van der Waals surface area contributed by atoms with Crippen molar-refractivity contribution in [3.05, 3.63) is 29.3 Å².